The maximum Gasteiger partial charge on any atom is 0.240 e. The predicted molar refractivity (Wildman–Crippen MR) is 132 cm³/mol. The minimum atomic E-state index is -0.0927. The van der Waals surface area contributed by atoms with Crippen molar-refractivity contribution in [2.75, 3.05) is 57.0 Å². The van der Waals surface area contributed by atoms with Gasteiger partial charge in [-0.1, -0.05) is 50.4 Å². The number of carbonyl (C=O) groups excluding carboxylic acids is 2. The van der Waals surface area contributed by atoms with Gasteiger partial charge in [0.2, 0.25) is 11.8 Å². The van der Waals surface area contributed by atoms with Crippen molar-refractivity contribution >= 4 is 65.2 Å². The number of methoxy groups -OCH3 is 1. The summed E-state index contributed by atoms with van der Waals surface area (Å²) in [5.74, 6) is 0.355. The molecule has 0 bridgehead atoms. The van der Waals surface area contributed by atoms with Crippen LogP contribution in [0.5, 0.6) is 5.75 Å². The second-order valence-electron chi connectivity index (χ2n) is 7.16. The van der Waals surface area contributed by atoms with Crippen LogP contribution < -0.4 is 15.4 Å². The van der Waals surface area contributed by atoms with Gasteiger partial charge in [-0.05, 0) is 32.2 Å². The zero-order chi connectivity index (χ0) is 23.3. The Kier molecular flexibility index (Phi) is 8.35. The highest BCUT2D eigenvalue weighted by atomic mass is 32.1. The first-order valence-electron chi connectivity index (χ1n) is 10.7. The van der Waals surface area contributed by atoms with Gasteiger partial charge in [0.15, 0.2) is 16.0 Å². The number of hydrogen-bond acceptors (Lipinski definition) is 9. The summed E-state index contributed by atoms with van der Waals surface area (Å²) in [7, 11) is 1.57. The van der Waals surface area contributed by atoms with Crippen LogP contribution in [0.15, 0.2) is 6.07 Å². The molecule has 0 saturated heterocycles. The number of nitrogens with one attached hydrogen (secondary N) is 2. The Bertz CT molecular complexity index is 1010. The van der Waals surface area contributed by atoms with E-state index in [-0.39, 0.29) is 11.8 Å². The Morgan fingerprint density at radius 1 is 0.844 bits per heavy atom. The minimum Gasteiger partial charge on any atom is -0.492 e. The van der Waals surface area contributed by atoms with Gasteiger partial charge in [0.25, 0.3) is 0 Å². The molecule has 0 aliphatic heterocycles. The van der Waals surface area contributed by atoms with E-state index in [0.717, 1.165) is 35.6 Å². The van der Waals surface area contributed by atoms with Crippen molar-refractivity contribution in [3.8, 4) is 5.75 Å². The number of carbonyl (C=O) groups is 2. The van der Waals surface area contributed by atoms with Gasteiger partial charge in [-0.2, -0.15) is 0 Å². The first-order valence-corrected chi connectivity index (χ1v) is 12.4. The third-order valence-electron chi connectivity index (χ3n) is 5.22. The number of rotatable bonds is 11. The van der Waals surface area contributed by atoms with E-state index in [9.17, 15) is 9.59 Å². The number of nitrogens with zero attached hydrogens (tertiary/aromatic N) is 4. The van der Waals surface area contributed by atoms with Crippen LogP contribution in [0.2, 0.25) is 0 Å². The molecular weight excluding hydrogens is 448 g/mol. The molecule has 0 saturated carbocycles. The number of aromatic nitrogens is 2. The van der Waals surface area contributed by atoms with Crippen LogP contribution in [-0.2, 0) is 9.59 Å². The number of thiazole rings is 2. The van der Waals surface area contributed by atoms with Gasteiger partial charge in [-0.3, -0.25) is 19.4 Å². The van der Waals surface area contributed by atoms with Crippen molar-refractivity contribution < 1.29 is 14.3 Å². The summed E-state index contributed by atoms with van der Waals surface area (Å²) in [4.78, 5) is 37.9. The molecular formula is C21H30N6O3S2. The van der Waals surface area contributed by atoms with Crippen LogP contribution in [0.3, 0.4) is 0 Å². The molecule has 0 fully saturated rings. The van der Waals surface area contributed by atoms with Gasteiger partial charge < -0.3 is 15.4 Å². The van der Waals surface area contributed by atoms with Gasteiger partial charge in [0.05, 0.1) is 29.6 Å². The fourth-order valence-electron chi connectivity index (χ4n) is 3.33. The molecule has 174 valence electrons. The van der Waals surface area contributed by atoms with Gasteiger partial charge >= 0.3 is 0 Å². The van der Waals surface area contributed by atoms with E-state index in [4.69, 9.17) is 4.74 Å². The summed E-state index contributed by atoms with van der Waals surface area (Å²) in [6.07, 6.45) is 0. The predicted octanol–water partition coefficient (Wildman–Crippen LogP) is 3.48. The number of hydrogen-bond donors (Lipinski definition) is 2. The topological polar surface area (TPSA) is 99.7 Å². The van der Waals surface area contributed by atoms with E-state index in [1.54, 1.807) is 7.11 Å². The van der Waals surface area contributed by atoms with E-state index in [0.29, 0.717) is 40.1 Å². The van der Waals surface area contributed by atoms with Gasteiger partial charge in [-0.15, -0.1) is 0 Å². The van der Waals surface area contributed by atoms with Crippen LogP contribution in [0.25, 0.3) is 20.4 Å². The quantitative estimate of drug-likeness (QED) is 0.435. The molecule has 0 spiro atoms. The van der Waals surface area contributed by atoms with Crippen molar-refractivity contribution in [1.82, 2.24) is 19.8 Å². The monoisotopic (exact) mass is 478 g/mol. The second-order valence-corrected chi connectivity index (χ2v) is 9.22. The summed E-state index contributed by atoms with van der Waals surface area (Å²) >= 11 is 2.79. The maximum absolute atomic E-state index is 12.4. The fraction of sp³-hybridized carbons (Fsp3) is 0.524. The number of fused-ring (bicyclic) bond motifs is 2. The first kappa shape index (κ1) is 24.3. The molecule has 9 nitrogen and oxygen atoms in total. The zero-order valence-corrected chi connectivity index (χ0v) is 20.8. The van der Waals surface area contributed by atoms with Crippen molar-refractivity contribution in [3.05, 3.63) is 6.07 Å². The Labute approximate surface area is 195 Å². The van der Waals surface area contributed by atoms with Crippen LogP contribution in [0, 0.1) is 0 Å². The van der Waals surface area contributed by atoms with Gasteiger partial charge in [0.1, 0.15) is 11.0 Å². The van der Waals surface area contributed by atoms with E-state index in [1.165, 1.54) is 22.7 Å². The van der Waals surface area contributed by atoms with Crippen LogP contribution in [-0.4, -0.2) is 78.0 Å². The van der Waals surface area contributed by atoms with E-state index < -0.39 is 0 Å². The molecule has 0 aliphatic rings. The molecule has 0 atom stereocenters. The molecule has 2 aromatic heterocycles. The van der Waals surface area contributed by atoms with Crippen molar-refractivity contribution in [1.29, 1.82) is 0 Å². The van der Waals surface area contributed by atoms with Crippen molar-refractivity contribution in [2.24, 2.45) is 0 Å². The lowest BCUT2D eigenvalue weighted by Crippen LogP contribution is -2.32. The summed E-state index contributed by atoms with van der Waals surface area (Å²) in [5, 5.41) is 6.83. The average molecular weight is 479 g/mol. The molecule has 3 rings (SSSR count). The van der Waals surface area contributed by atoms with Crippen LogP contribution in [0.1, 0.15) is 27.7 Å². The molecule has 11 heteroatoms. The lowest BCUT2D eigenvalue weighted by molar-refractivity contribution is -0.118. The lowest BCUT2D eigenvalue weighted by atomic mass is 10.3. The number of amides is 2. The molecule has 3 aromatic rings. The molecule has 1 aromatic carbocycles. The highest BCUT2D eigenvalue weighted by Crippen LogP contribution is 2.41. The lowest BCUT2D eigenvalue weighted by Gasteiger charge is -2.16. The van der Waals surface area contributed by atoms with Crippen LogP contribution >= 0.6 is 22.7 Å². The molecule has 0 radical (unpaired) electrons. The van der Waals surface area contributed by atoms with Crippen LogP contribution in [0.4, 0.5) is 10.3 Å². The van der Waals surface area contributed by atoms with E-state index in [1.807, 2.05) is 43.6 Å². The minimum absolute atomic E-state index is 0.0927. The van der Waals surface area contributed by atoms with E-state index >= 15 is 0 Å². The smallest absolute Gasteiger partial charge is 0.240 e. The summed E-state index contributed by atoms with van der Waals surface area (Å²) in [6.45, 7) is 12.0. The molecule has 0 unspecified atom stereocenters. The second kappa shape index (κ2) is 11.0. The zero-order valence-electron chi connectivity index (χ0n) is 19.2. The average Bonchev–Trinajstić information content (AvgIpc) is 3.36. The molecule has 0 aliphatic carbocycles. The van der Waals surface area contributed by atoms with Gasteiger partial charge in [-0.25, -0.2) is 9.97 Å². The number of benzene rings is 1. The summed E-state index contributed by atoms with van der Waals surface area (Å²) in [6, 6.07) is 1.97. The maximum atomic E-state index is 12.4. The van der Waals surface area contributed by atoms with Crippen molar-refractivity contribution in [3.63, 3.8) is 0 Å². The Hall–Kier alpha value is -2.34. The standard InChI is InChI=1S/C21H30N6O3S2/c1-6-26(7-2)11-15(28)22-20-24-17-13(31-20)10-14-18(19(17)30-5)25-21(32-14)23-16(29)12-27(8-3)9-4/h10H,6-9,11-12H2,1-5H3,(H,22,24,28)(H,23,25,29). The Balaban J connectivity index is 1.83. The largest absolute Gasteiger partial charge is 0.492 e. The number of likely N-dealkylation sites (N-methyl/N-ethyl adjacent to an activating group) is 2. The van der Waals surface area contributed by atoms with E-state index in [2.05, 4.69) is 20.6 Å². The Morgan fingerprint density at radius 2 is 1.25 bits per heavy atom. The summed E-state index contributed by atoms with van der Waals surface area (Å²) < 4.78 is 7.40. The molecule has 2 N–H and O–H groups in total. The molecule has 2 heterocycles. The Morgan fingerprint density at radius 3 is 1.59 bits per heavy atom. The number of anilines is 2. The SMILES string of the molecule is CCN(CC)CC(=O)Nc1nc2c(OC)c3nc(NC(=O)CN(CC)CC)sc3cc2s1. The highest BCUT2D eigenvalue weighted by molar-refractivity contribution is 7.24. The normalized spacial score (nSPS) is 11.6. The van der Waals surface area contributed by atoms with Crippen molar-refractivity contribution in [2.45, 2.75) is 27.7 Å². The molecule has 32 heavy (non-hydrogen) atoms. The fourth-order valence-corrected chi connectivity index (χ4v) is 5.25. The van der Waals surface area contributed by atoms with Gasteiger partial charge in [0, 0.05) is 0 Å². The third-order valence-corrected chi connectivity index (χ3v) is 7.05. The molecule has 2 amide bonds. The highest BCUT2D eigenvalue weighted by Gasteiger charge is 2.19. The summed E-state index contributed by atoms with van der Waals surface area (Å²) in [5.41, 5.74) is 1.30. The first-order chi connectivity index (χ1) is 15.4. The third kappa shape index (κ3) is 5.52. The number of ether oxygens (including phenoxy) is 1.